The molecule has 0 aliphatic carbocycles. The molecule has 1 heterocycles. The summed E-state index contributed by atoms with van der Waals surface area (Å²) in [6.45, 7) is 0. The highest BCUT2D eigenvalue weighted by atomic mass is 16.6. The number of aromatic nitrogens is 1. The van der Waals surface area contributed by atoms with E-state index in [4.69, 9.17) is 11.0 Å². The van der Waals surface area contributed by atoms with Gasteiger partial charge in [0.05, 0.1) is 4.92 Å². The number of nitrogen functional groups attached to an aromatic ring is 1. The van der Waals surface area contributed by atoms with Crippen LogP contribution in [0.5, 0.6) is 0 Å². The topological polar surface area (TPSA) is 119 Å². The van der Waals surface area contributed by atoms with E-state index < -0.39 is 22.2 Å². The van der Waals surface area contributed by atoms with Gasteiger partial charge in [-0.15, -0.1) is 0 Å². The highest BCUT2D eigenvalue weighted by Gasteiger charge is 2.24. The first-order valence-corrected chi connectivity index (χ1v) is 2.46. The molecule has 0 atom stereocenters. The van der Waals surface area contributed by atoms with Gasteiger partial charge in [0.2, 0.25) is 0 Å². The van der Waals surface area contributed by atoms with E-state index in [0.29, 0.717) is 0 Å². The minimum absolute atomic E-state index is 0.410. The van der Waals surface area contributed by atoms with Crippen LogP contribution in [-0.2, 0) is 0 Å². The highest BCUT2D eigenvalue weighted by Crippen LogP contribution is 2.23. The quantitative estimate of drug-likeness (QED) is 0.450. The van der Waals surface area contributed by atoms with Crippen LogP contribution < -0.4 is 5.73 Å². The Morgan fingerprint density at radius 3 is 2.82 bits per heavy atom. The van der Waals surface area contributed by atoms with Gasteiger partial charge in [-0.25, -0.2) is 0 Å². The number of nitrogens with two attached hydrogens (primary N) is 1. The van der Waals surface area contributed by atoms with E-state index in [-0.39, 0.29) is 0 Å². The summed E-state index contributed by atoms with van der Waals surface area (Å²) in [7, 11) is 0. The van der Waals surface area contributed by atoms with Crippen LogP contribution in [-0.4, -0.2) is 10.1 Å². The smallest absolute Gasteiger partial charge is 0.362 e. The lowest BCUT2D eigenvalue weighted by Crippen LogP contribution is -1.93. The first kappa shape index (κ1) is 7.01. The fourth-order valence-corrected chi connectivity index (χ4v) is 0.548. The molecule has 0 radical (unpaired) electrons. The molecule has 11 heavy (non-hydrogen) atoms. The summed E-state index contributed by atoms with van der Waals surface area (Å²) in [4.78, 5) is 9.32. The summed E-state index contributed by atoms with van der Waals surface area (Å²) in [6.07, 6.45) is 0. The van der Waals surface area contributed by atoms with Gasteiger partial charge in [0.15, 0.2) is 0 Å². The minimum Gasteiger partial charge on any atom is -0.362 e. The van der Waals surface area contributed by atoms with Crippen molar-refractivity contribution in [1.82, 2.24) is 5.16 Å². The van der Waals surface area contributed by atoms with Crippen LogP contribution in [0.3, 0.4) is 0 Å². The monoisotopic (exact) mass is 154 g/mol. The average Bonchev–Trinajstić information content (AvgIpc) is 2.30. The molecular formula is C4H2N4O3. The Labute approximate surface area is 60.1 Å². The van der Waals surface area contributed by atoms with Gasteiger partial charge in [0.25, 0.3) is 5.69 Å². The summed E-state index contributed by atoms with van der Waals surface area (Å²) < 4.78 is 4.21. The molecular weight excluding hydrogens is 152 g/mol. The van der Waals surface area contributed by atoms with Gasteiger partial charge in [0, 0.05) is 0 Å². The van der Waals surface area contributed by atoms with Gasteiger partial charge in [-0.05, 0) is 0 Å². The van der Waals surface area contributed by atoms with Crippen molar-refractivity contribution in [3.63, 3.8) is 0 Å². The molecule has 0 aliphatic heterocycles. The Morgan fingerprint density at radius 2 is 2.45 bits per heavy atom. The molecule has 56 valence electrons. The molecule has 1 aromatic rings. The molecule has 7 nitrogen and oxygen atoms in total. The van der Waals surface area contributed by atoms with Crippen LogP contribution in [0.25, 0.3) is 0 Å². The van der Waals surface area contributed by atoms with E-state index in [1.165, 1.54) is 6.07 Å². The van der Waals surface area contributed by atoms with Gasteiger partial charge in [-0.1, -0.05) is 5.16 Å². The summed E-state index contributed by atoms with van der Waals surface area (Å²) in [6, 6.07) is 1.47. The van der Waals surface area contributed by atoms with Crippen molar-refractivity contribution >= 4 is 11.6 Å². The van der Waals surface area contributed by atoms with Crippen molar-refractivity contribution in [2.45, 2.75) is 0 Å². The van der Waals surface area contributed by atoms with Crippen molar-refractivity contribution in [1.29, 1.82) is 5.26 Å². The fourth-order valence-electron chi connectivity index (χ4n) is 0.548. The summed E-state index contributed by atoms with van der Waals surface area (Å²) >= 11 is 0. The predicted molar refractivity (Wildman–Crippen MR) is 32.3 cm³/mol. The second-order valence-electron chi connectivity index (χ2n) is 1.61. The maximum atomic E-state index is 10.1. The van der Waals surface area contributed by atoms with Crippen molar-refractivity contribution < 1.29 is 9.45 Å². The standard InChI is InChI=1S/C4H2N4O3/c5-1-2-3(8(9)10)4(6)11-7-2/h6H2. The Hall–Kier alpha value is -2.10. The number of anilines is 1. The van der Waals surface area contributed by atoms with E-state index in [9.17, 15) is 10.1 Å². The molecule has 0 unspecified atom stereocenters. The maximum absolute atomic E-state index is 10.1. The van der Waals surface area contributed by atoms with Crippen LogP contribution >= 0.6 is 0 Å². The highest BCUT2D eigenvalue weighted by molar-refractivity contribution is 5.57. The molecule has 0 saturated heterocycles. The summed E-state index contributed by atoms with van der Waals surface area (Å²) in [5, 5.41) is 21.4. The molecule has 0 spiro atoms. The molecule has 0 aromatic carbocycles. The summed E-state index contributed by atoms with van der Waals surface area (Å²) in [5.41, 5.74) is 4.01. The van der Waals surface area contributed by atoms with Gasteiger partial charge in [-0.2, -0.15) is 5.26 Å². The molecule has 0 saturated carbocycles. The third-order valence-corrected chi connectivity index (χ3v) is 0.981. The predicted octanol–water partition coefficient (Wildman–Crippen LogP) is 0.0367. The third-order valence-electron chi connectivity index (χ3n) is 0.981. The number of hydrogen-bond acceptors (Lipinski definition) is 6. The molecule has 1 rings (SSSR count). The lowest BCUT2D eigenvalue weighted by molar-refractivity contribution is -0.384. The van der Waals surface area contributed by atoms with Gasteiger partial charge in [-0.3, -0.25) is 10.1 Å². The zero-order valence-corrected chi connectivity index (χ0v) is 5.14. The average molecular weight is 154 g/mol. The molecule has 0 bridgehead atoms. The van der Waals surface area contributed by atoms with E-state index in [1.54, 1.807) is 0 Å². The van der Waals surface area contributed by atoms with Crippen molar-refractivity contribution in [3.05, 3.63) is 15.8 Å². The zero-order chi connectivity index (χ0) is 8.43. The van der Waals surface area contributed by atoms with Crippen LogP contribution in [0.4, 0.5) is 11.6 Å². The van der Waals surface area contributed by atoms with Gasteiger partial charge in [0.1, 0.15) is 6.07 Å². The summed E-state index contributed by atoms with van der Waals surface area (Å²) in [5.74, 6) is -0.452. The van der Waals surface area contributed by atoms with E-state index in [1.807, 2.05) is 0 Å². The normalized spacial score (nSPS) is 9.00. The number of nitriles is 1. The number of hydrogen-bond donors (Lipinski definition) is 1. The Morgan fingerprint density at radius 1 is 1.82 bits per heavy atom. The fraction of sp³-hybridized carbons (Fsp3) is 0. The lowest BCUT2D eigenvalue weighted by atomic mass is 10.4. The molecule has 0 amide bonds. The number of nitrogens with zero attached hydrogens (tertiary/aromatic N) is 3. The van der Waals surface area contributed by atoms with E-state index in [2.05, 4.69) is 9.68 Å². The molecule has 7 heteroatoms. The molecule has 0 fully saturated rings. The number of nitro groups is 1. The molecule has 2 N–H and O–H groups in total. The second kappa shape index (κ2) is 2.26. The third kappa shape index (κ3) is 0.963. The zero-order valence-electron chi connectivity index (χ0n) is 5.14. The minimum atomic E-state index is -0.815. The number of rotatable bonds is 1. The van der Waals surface area contributed by atoms with Crippen molar-refractivity contribution in [3.8, 4) is 6.07 Å². The largest absolute Gasteiger partial charge is 0.370 e. The van der Waals surface area contributed by atoms with E-state index in [0.717, 1.165) is 0 Å². The first-order valence-electron chi connectivity index (χ1n) is 2.46. The van der Waals surface area contributed by atoms with E-state index >= 15 is 0 Å². The van der Waals surface area contributed by atoms with Gasteiger partial charge >= 0.3 is 11.6 Å². The lowest BCUT2D eigenvalue weighted by Gasteiger charge is -1.82. The maximum Gasteiger partial charge on any atom is 0.370 e. The van der Waals surface area contributed by atoms with Crippen molar-refractivity contribution in [2.75, 3.05) is 5.73 Å². The van der Waals surface area contributed by atoms with Crippen LogP contribution in [0.1, 0.15) is 5.69 Å². The Kier molecular flexibility index (Phi) is 1.44. The molecule has 1 aromatic heterocycles. The second-order valence-corrected chi connectivity index (χ2v) is 1.61. The first-order chi connectivity index (χ1) is 5.16. The van der Waals surface area contributed by atoms with Crippen LogP contribution in [0, 0.1) is 21.4 Å². The van der Waals surface area contributed by atoms with Crippen LogP contribution in [0.15, 0.2) is 4.52 Å². The van der Waals surface area contributed by atoms with Crippen molar-refractivity contribution in [2.24, 2.45) is 0 Å². The van der Waals surface area contributed by atoms with Crippen LogP contribution in [0.2, 0.25) is 0 Å². The Bertz CT molecular complexity index is 336. The molecule has 0 aliphatic rings. The van der Waals surface area contributed by atoms with Gasteiger partial charge < -0.3 is 10.3 Å². The Balaban J connectivity index is 3.32. The SMILES string of the molecule is N#Cc1noc(N)c1[N+](=O)[O-].